The van der Waals surface area contributed by atoms with Crippen molar-refractivity contribution in [1.29, 1.82) is 0 Å². The number of thiazole rings is 1. The Kier molecular flexibility index (Phi) is 10.5. The summed E-state index contributed by atoms with van der Waals surface area (Å²) in [4.78, 5) is 32.0. The van der Waals surface area contributed by atoms with Crippen molar-refractivity contribution < 1.29 is 28.5 Å². The number of halogens is 2. The van der Waals surface area contributed by atoms with Crippen LogP contribution in [0.25, 0.3) is 6.08 Å². The first-order valence-corrected chi connectivity index (χ1v) is 16.3. The first-order chi connectivity index (χ1) is 21.8. The van der Waals surface area contributed by atoms with Crippen molar-refractivity contribution in [2.75, 3.05) is 27.4 Å². The van der Waals surface area contributed by atoms with Crippen molar-refractivity contribution in [3.8, 4) is 23.0 Å². The molecule has 4 aromatic rings. The number of hydrogen-bond acceptors (Lipinski definition) is 9. The highest BCUT2D eigenvalue weighted by atomic mass is 127. The van der Waals surface area contributed by atoms with Gasteiger partial charge in [-0.15, -0.1) is 0 Å². The molecule has 0 bridgehead atoms. The number of carbonyl (C=O) groups is 1. The molecule has 0 fully saturated rings. The van der Waals surface area contributed by atoms with E-state index < -0.39 is 12.0 Å². The number of esters is 1. The predicted molar refractivity (Wildman–Crippen MR) is 181 cm³/mol. The molecule has 234 valence electrons. The zero-order chi connectivity index (χ0) is 32.1. The van der Waals surface area contributed by atoms with E-state index in [9.17, 15) is 9.59 Å². The summed E-state index contributed by atoms with van der Waals surface area (Å²) in [7, 11) is 2.87. The zero-order valence-electron chi connectivity index (χ0n) is 25.0. The summed E-state index contributed by atoms with van der Waals surface area (Å²) in [6, 6.07) is 15.7. The Hall–Kier alpha value is -3.81. The van der Waals surface area contributed by atoms with E-state index in [4.69, 9.17) is 35.3 Å². The summed E-state index contributed by atoms with van der Waals surface area (Å²) >= 11 is 9.45. The third-order valence-electron chi connectivity index (χ3n) is 6.86. The lowest BCUT2D eigenvalue weighted by molar-refractivity contribution is -0.136. The van der Waals surface area contributed by atoms with Crippen LogP contribution in [0.1, 0.15) is 36.6 Å². The van der Waals surface area contributed by atoms with Crippen LogP contribution in [0.5, 0.6) is 23.0 Å². The third kappa shape index (κ3) is 7.05. The molecule has 2 heterocycles. The maximum Gasteiger partial charge on any atom is 0.337 e. The Morgan fingerprint density at radius 3 is 2.42 bits per heavy atom. The molecule has 1 aliphatic rings. The average Bonchev–Trinajstić information content (AvgIpc) is 3.35. The fourth-order valence-electron chi connectivity index (χ4n) is 4.87. The van der Waals surface area contributed by atoms with E-state index in [1.54, 1.807) is 37.5 Å². The lowest BCUT2D eigenvalue weighted by Crippen LogP contribution is -2.39. The monoisotopic (exact) mass is 760 g/mol. The van der Waals surface area contributed by atoms with Gasteiger partial charge in [-0.25, -0.2) is 9.79 Å². The molecular weight excluding hydrogens is 731 g/mol. The molecule has 1 aliphatic heterocycles. The first-order valence-electron chi connectivity index (χ1n) is 14.0. The smallest absolute Gasteiger partial charge is 0.337 e. The lowest BCUT2D eigenvalue weighted by Gasteiger charge is -2.23. The minimum atomic E-state index is -0.809. The summed E-state index contributed by atoms with van der Waals surface area (Å²) in [5.74, 6) is 1.49. The lowest BCUT2D eigenvalue weighted by atomic mass is 9.97. The molecule has 0 unspecified atom stereocenters. The van der Waals surface area contributed by atoms with Gasteiger partial charge in [-0.05, 0) is 90.0 Å². The molecule has 0 N–H and O–H groups in total. The van der Waals surface area contributed by atoms with E-state index in [1.165, 1.54) is 29.2 Å². The SMILES string of the molecule is CCOc1ccc([C@H]2C(C(=O)OC)=CN=c3s/c(=C/c4cc(I)cc(OC)c4OCc4ccc(Cl)cc4)c(=O)n32)cc1OCC. The van der Waals surface area contributed by atoms with Crippen molar-refractivity contribution in [1.82, 2.24) is 4.57 Å². The molecule has 45 heavy (non-hydrogen) atoms. The second-order valence-electron chi connectivity index (χ2n) is 9.69. The van der Waals surface area contributed by atoms with Crippen LogP contribution in [-0.2, 0) is 16.1 Å². The number of hydrogen-bond donors (Lipinski definition) is 0. The second kappa shape index (κ2) is 14.5. The van der Waals surface area contributed by atoms with E-state index in [0.717, 1.165) is 9.13 Å². The molecule has 0 amide bonds. The molecule has 1 atom stereocenters. The van der Waals surface area contributed by atoms with Crippen molar-refractivity contribution >= 4 is 57.6 Å². The van der Waals surface area contributed by atoms with Gasteiger partial charge in [-0.2, -0.15) is 0 Å². The van der Waals surface area contributed by atoms with Gasteiger partial charge in [0.25, 0.3) is 5.56 Å². The molecule has 3 aromatic carbocycles. The molecule has 0 radical (unpaired) electrons. The van der Waals surface area contributed by atoms with Crippen LogP contribution in [-0.4, -0.2) is 38.0 Å². The molecule has 0 spiro atoms. The molecule has 1 aromatic heterocycles. The first kappa shape index (κ1) is 32.6. The molecule has 5 rings (SSSR count). The molecule has 12 heteroatoms. The van der Waals surface area contributed by atoms with Crippen LogP contribution < -0.4 is 33.8 Å². The molecule has 0 saturated heterocycles. The minimum Gasteiger partial charge on any atom is -0.493 e. The van der Waals surface area contributed by atoms with Gasteiger partial charge in [0.1, 0.15) is 6.61 Å². The van der Waals surface area contributed by atoms with E-state index >= 15 is 0 Å². The summed E-state index contributed by atoms with van der Waals surface area (Å²) in [5.41, 5.74) is 2.10. The minimum absolute atomic E-state index is 0.214. The van der Waals surface area contributed by atoms with Crippen LogP contribution >= 0.6 is 45.5 Å². The predicted octanol–water partition coefficient (Wildman–Crippen LogP) is 5.66. The van der Waals surface area contributed by atoms with E-state index in [1.807, 2.05) is 44.2 Å². The van der Waals surface area contributed by atoms with Crippen LogP contribution in [0, 0.1) is 3.57 Å². The molecule has 9 nitrogen and oxygen atoms in total. The van der Waals surface area contributed by atoms with Gasteiger partial charge in [0.05, 0.1) is 43.6 Å². The van der Waals surface area contributed by atoms with Gasteiger partial charge >= 0.3 is 5.97 Å². The van der Waals surface area contributed by atoms with Crippen LogP contribution in [0.4, 0.5) is 0 Å². The van der Waals surface area contributed by atoms with E-state index in [0.29, 0.717) is 61.7 Å². The summed E-state index contributed by atoms with van der Waals surface area (Å²) < 4.78 is 31.4. The molecular formula is C33H30ClIN2O7S. The number of benzene rings is 3. The Bertz CT molecular complexity index is 1940. The number of rotatable bonds is 11. The van der Waals surface area contributed by atoms with Crippen LogP contribution in [0.15, 0.2) is 76.2 Å². The van der Waals surface area contributed by atoms with Crippen molar-refractivity contribution in [3.63, 3.8) is 0 Å². The number of nitrogens with zero attached hydrogens (tertiary/aromatic N) is 2. The number of methoxy groups -OCH3 is 2. The summed E-state index contributed by atoms with van der Waals surface area (Å²) in [5, 5.41) is 0.634. The largest absolute Gasteiger partial charge is 0.493 e. The fraction of sp³-hybridized carbons (Fsp3) is 0.242. The maximum atomic E-state index is 14.2. The van der Waals surface area contributed by atoms with Crippen molar-refractivity contribution in [2.24, 2.45) is 4.99 Å². The number of fused-ring (bicyclic) bond motifs is 1. The number of aromatic nitrogens is 1. The number of ether oxygens (including phenoxy) is 5. The van der Waals surface area contributed by atoms with Gasteiger partial charge in [-0.3, -0.25) is 9.36 Å². The zero-order valence-corrected chi connectivity index (χ0v) is 28.7. The fourth-order valence-corrected chi connectivity index (χ4v) is 6.57. The van der Waals surface area contributed by atoms with Crippen LogP contribution in [0.2, 0.25) is 5.02 Å². The van der Waals surface area contributed by atoms with Gasteiger partial charge in [-0.1, -0.05) is 41.1 Å². The quantitative estimate of drug-likeness (QED) is 0.144. The normalized spacial score (nSPS) is 14.2. The second-order valence-corrected chi connectivity index (χ2v) is 12.4. The number of carbonyl (C=O) groups excluding carboxylic acids is 1. The Morgan fingerprint density at radius 1 is 1.00 bits per heavy atom. The molecule has 0 saturated carbocycles. The topological polar surface area (TPSA) is 97.6 Å². The van der Waals surface area contributed by atoms with E-state index in [2.05, 4.69) is 27.6 Å². The highest BCUT2D eigenvalue weighted by Gasteiger charge is 2.31. The highest BCUT2D eigenvalue weighted by Crippen LogP contribution is 2.36. The summed E-state index contributed by atoms with van der Waals surface area (Å²) in [6.45, 7) is 4.89. The van der Waals surface area contributed by atoms with Crippen LogP contribution in [0.3, 0.4) is 0 Å². The average molecular weight is 761 g/mol. The van der Waals surface area contributed by atoms with Gasteiger partial charge < -0.3 is 23.7 Å². The van der Waals surface area contributed by atoms with Crippen molar-refractivity contribution in [3.05, 3.63) is 111 Å². The third-order valence-corrected chi connectivity index (χ3v) is 8.73. The Balaban J connectivity index is 1.64. The molecule has 0 aliphatic carbocycles. The van der Waals surface area contributed by atoms with Crippen molar-refractivity contribution in [2.45, 2.75) is 26.5 Å². The highest BCUT2D eigenvalue weighted by molar-refractivity contribution is 14.1. The van der Waals surface area contributed by atoms with Gasteiger partial charge in [0.15, 0.2) is 27.8 Å². The van der Waals surface area contributed by atoms with Gasteiger partial charge in [0.2, 0.25) is 0 Å². The Morgan fingerprint density at radius 2 is 1.73 bits per heavy atom. The standard InChI is InChI=1S/C33H30ClIN2O7S/c1-5-42-25-12-9-20(14-26(25)43-6-2)29-24(32(39)41-4)17-36-33-37(29)31(38)28(45-33)15-21-13-23(35)16-27(40-3)30(21)44-18-19-7-10-22(34)11-8-19/h7-17,29H,5-6,18H2,1-4H3/b28-15+/t29-/m0/s1. The summed E-state index contributed by atoms with van der Waals surface area (Å²) in [6.07, 6.45) is 3.21. The van der Waals surface area contributed by atoms with E-state index in [-0.39, 0.29) is 17.7 Å². The maximum absolute atomic E-state index is 14.2. The van der Waals surface area contributed by atoms with Gasteiger partial charge in [0, 0.05) is 20.4 Å². The Labute approximate surface area is 282 Å².